The zero-order valence-electron chi connectivity index (χ0n) is 17.3. The fourth-order valence-corrected chi connectivity index (χ4v) is 4.20. The van der Waals surface area contributed by atoms with Crippen molar-refractivity contribution in [1.82, 2.24) is 19.0 Å². The first-order chi connectivity index (χ1) is 13.5. The van der Waals surface area contributed by atoms with E-state index in [9.17, 15) is 9.59 Å². The number of hydrogen-bond donors (Lipinski definition) is 0. The summed E-state index contributed by atoms with van der Waals surface area (Å²) in [6.45, 7) is 6.60. The standard InChI is InChI=1S/C21H30N4O3/c1-5-18-15(2)13-17(20(26)23(18)3)21(27)25-9-6-7-16(14-25)19-22-8-10-24(19)11-12-28-4/h8,10,13,16H,5-7,9,11-12,14H2,1-4H3/t16-/m1/s1. The summed E-state index contributed by atoms with van der Waals surface area (Å²) in [6.07, 6.45) is 6.41. The summed E-state index contributed by atoms with van der Waals surface area (Å²) in [5.74, 6) is 0.982. The van der Waals surface area contributed by atoms with Crippen LogP contribution < -0.4 is 5.56 Å². The lowest BCUT2D eigenvalue weighted by molar-refractivity contribution is 0.0700. The molecule has 152 valence electrons. The van der Waals surface area contributed by atoms with E-state index in [0.717, 1.165) is 42.9 Å². The molecule has 0 bridgehead atoms. The molecule has 1 amide bonds. The van der Waals surface area contributed by atoms with E-state index >= 15 is 0 Å². The van der Waals surface area contributed by atoms with Gasteiger partial charge in [0.25, 0.3) is 11.5 Å². The van der Waals surface area contributed by atoms with Crippen LogP contribution >= 0.6 is 0 Å². The third-order valence-corrected chi connectivity index (χ3v) is 5.68. The molecule has 3 heterocycles. The van der Waals surface area contributed by atoms with Gasteiger partial charge in [0.2, 0.25) is 0 Å². The van der Waals surface area contributed by atoms with Gasteiger partial charge in [0.1, 0.15) is 11.4 Å². The van der Waals surface area contributed by atoms with Gasteiger partial charge >= 0.3 is 0 Å². The van der Waals surface area contributed by atoms with Crippen LogP contribution in [0.25, 0.3) is 0 Å². The second-order valence-corrected chi connectivity index (χ2v) is 7.47. The number of piperidine rings is 1. The third-order valence-electron chi connectivity index (χ3n) is 5.68. The summed E-state index contributed by atoms with van der Waals surface area (Å²) in [6, 6.07) is 1.76. The Bertz CT molecular complexity index is 900. The Kier molecular flexibility index (Phi) is 6.34. The molecule has 28 heavy (non-hydrogen) atoms. The number of carbonyl (C=O) groups excluding carboxylic acids is 1. The molecular weight excluding hydrogens is 356 g/mol. The van der Waals surface area contributed by atoms with Crippen molar-refractivity contribution in [2.24, 2.45) is 7.05 Å². The molecule has 0 unspecified atom stereocenters. The number of nitrogens with zero attached hydrogens (tertiary/aromatic N) is 4. The van der Waals surface area contributed by atoms with Crippen LogP contribution in [0.1, 0.15) is 53.1 Å². The molecule has 1 fully saturated rings. The minimum atomic E-state index is -0.212. The molecule has 1 saturated heterocycles. The number of pyridine rings is 1. The molecule has 2 aromatic heterocycles. The second kappa shape index (κ2) is 8.73. The highest BCUT2D eigenvalue weighted by atomic mass is 16.5. The van der Waals surface area contributed by atoms with Gasteiger partial charge in [0.15, 0.2) is 0 Å². The lowest BCUT2D eigenvalue weighted by Crippen LogP contribution is -2.42. The molecule has 0 aliphatic carbocycles. The van der Waals surface area contributed by atoms with Crippen LogP contribution in [0.4, 0.5) is 0 Å². The van der Waals surface area contributed by atoms with Crippen LogP contribution in [0.2, 0.25) is 0 Å². The Morgan fingerprint density at radius 3 is 2.89 bits per heavy atom. The van der Waals surface area contributed by atoms with E-state index in [1.165, 1.54) is 0 Å². The number of aromatic nitrogens is 3. The normalized spacial score (nSPS) is 17.1. The maximum Gasteiger partial charge on any atom is 0.263 e. The van der Waals surface area contributed by atoms with Gasteiger partial charge in [0.05, 0.1) is 6.61 Å². The fourth-order valence-electron chi connectivity index (χ4n) is 4.20. The van der Waals surface area contributed by atoms with Crippen molar-refractivity contribution >= 4 is 5.91 Å². The van der Waals surface area contributed by atoms with Crippen molar-refractivity contribution in [3.63, 3.8) is 0 Å². The smallest absolute Gasteiger partial charge is 0.263 e. The predicted octanol–water partition coefficient (Wildman–Crippen LogP) is 2.12. The third kappa shape index (κ3) is 3.90. The molecule has 0 radical (unpaired) electrons. The Morgan fingerprint density at radius 1 is 1.39 bits per heavy atom. The predicted molar refractivity (Wildman–Crippen MR) is 108 cm³/mol. The van der Waals surface area contributed by atoms with Gasteiger partial charge in [-0.2, -0.15) is 0 Å². The molecule has 0 N–H and O–H groups in total. The summed E-state index contributed by atoms with van der Waals surface area (Å²) in [4.78, 5) is 32.3. The molecular formula is C21H30N4O3. The number of hydrogen-bond acceptors (Lipinski definition) is 4. The van der Waals surface area contributed by atoms with Gasteiger partial charge < -0.3 is 18.8 Å². The number of likely N-dealkylation sites (tertiary alicyclic amines) is 1. The van der Waals surface area contributed by atoms with Gasteiger partial charge in [-0.15, -0.1) is 0 Å². The van der Waals surface area contributed by atoms with E-state index in [1.807, 2.05) is 24.9 Å². The first-order valence-electron chi connectivity index (χ1n) is 9.96. The van der Waals surface area contributed by atoms with Crippen molar-refractivity contribution in [2.75, 3.05) is 26.8 Å². The summed E-state index contributed by atoms with van der Waals surface area (Å²) < 4.78 is 8.89. The van der Waals surface area contributed by atoms with Crippen LogP contribution in [-0.2, 0) is 24.8 Å². The Hall–Kier alpha value is -2.41. The number of ether oxygens (including phenoxy) is 1. The molecule has 7 nitrogen and oxygen atoms in total. The summed E-state index contributed by atoms with van der Waals surface area (Å²) >= 11 is 0. The molecule has 7 heteroatoms. The first-order valence-corrected chi connectivity index (χ1v) is 9.96. The van der Waals surface area contributed by atoms with E-state index in [2.05, 4.69) is 9.55 Å². The quantitative estimate of drug-likeness (QED) is 0.763. The van der Waals surface area contributed by atoms with Gasteiger partial charge in [-0.25, -0.2) is 4.98 Å². The highest BCUT2D eigenvalue weighted by molar-refractivity contribution is 5.94. The molecule has 1 atom stereocenters. The van der Waals surface area contributed by atoms with Crippen LogP contribution in [0.15, 0.2) is 23.3 Å². The number of aryl methyl sites for hydroxylation is 1. The van der Waals surface area contributed by atoms with Crippen molar-refractivity contribution in [3.05, 3.63) is 51.5 Å². The topological polar surface area (TPSA) is 69.4 Å². The number of carbonyl (C=O) groups is 1. The molecule has 0 spiro atoms. The van der Waals surface area contributed by atoms with E-state index in [1.54, 1.807) is 31.0 Å². The van der Waals surface area contributed by atoms with Gasteiger partial charge in [-0.1, -0.05) is 6.92 Å². The Labute approximate surface area is 165 Å². The highest BCUT2D eigenvalue weighted by Gasteiger charge is 2.29. The summed E-state index contributed by atoms with van der Waals surface area (Å²) in [7, 11) is 3.43. The lowest BCUT2D eigenvalue weighted by atomic mass is 9.96. The number of imidazole rings is 1. The maximum absolute atomic E-state index is 13.2. The molecule has 1 aliphatic rings. The largest absolute Gasteiger partial charge is 0.383 e. The van der Waals surface area contributed by atoms with Crippen molar-refractivity contribution in [1.29, 1.82) is 0 Å². The van der Waals surface area contributed by atoms with E-state index < -0.39 is 0 Å². The van der Waals surface area contributed by atoms with Crippen LogP contribution in [0.5, 0.6) is 0 Å². The summed E-state index contributed by atoms with van der Waals surface area (Å²) in [5, 5.41) is 0. The number of methoxy groups -OCH3 is 1. The Balaban J connectivity index is 1.83. The van der Waals surface area contributed by atoms with Crippen molar-refractivity contribution in [2.45, 2.75) is 45.6 Å². The van der Waals surface area contributed by atoms with E-state index in [-0.39, 0.29) is 22.9 Å². The highest BCUT2D eigenvalue weighted by Crippen LogP contribution is 2.26. The van der Waals surface area contributed by atoms with E-state index in [0.29, 0.717) is 19.7 Å². The molecule has 0 saturated carbocycles. The maximum atomic E-state index is 13.2. The average molecular weight is 386 g/mol. The van der Waals surface area contributed by atoms with Crippen molar-refractivity contribution in [3.8, 4) is 0 Å². The number of amides is 1. The summed E-state index contributed by atoms with van der Waals surface area (Å²) in [5.41, 5.74) is 2.01. The Morgan fingerprint density at radius 2 is 2.18 bits per heavy atom. The van der Waals surface area contributed by atoms with Gasteiger partial charge in [-0.3, -0.25) is 9.59 Å². The minimum Gasteiger partial charge on any atom is -0.383 e. The van der Waals surface area contributed by atoms with Crippen LogP contribution in [0, 0.1) is 6.92 Å². The van der Waals surface area contributed by atoms with Gasteiger partial charge in [0, 0.05) is 57.8 Å². The van der Waals surface area contributed by atoms with Crippen LogP contribution in [0.3, 0.4) is 0 Å². The zero-order valence-corrected chi connectivity index (χ0v) is 17.3. The number of rotatable bonds is 6. The fraction of sp³-hybridized carbons (Fsp3) is 0.571. The van der Waals surface area contributed by atoms with Crippen molar-refractivity contribution < 1.29 is 9.53 Å². The SMILES string of the molecule is CCc1c(C)cc(C(=O)N2CCC[C@@H](c3nccn3CCOC)C2)c(=O)n1C. The molecule has 3 rings (SSSR count). The zero-order chi connectivity index (χ0) is 20.3. The van der Waals surface area contributed by atoms with E-state index in [4.69, 9.17) is 4.74 Å². The second-order valence-electron chi connectivity index (χ2n) is 7.47. The first kappa shape index (κ1) is 20.3. The van der Waals surface area contributed by atoms with Crippen LogP contribution in [-0.4, -0.2) is 51.7 Å². The molecule has 0 aromatic carbocycles. The lowest BCUT2D eigenvalue weighted by Gasteiger charge is -2.33. The minimum absolute atomic E-state index is 0.171. The molecule has 2 aromatic rings. The average Bonchev–Trinajstić information content (AvgIpc) is 3.17. The monoisotopic (exact) mass is 386 g/mol. The van der Waals surface area contributed by atoms with Gasteiger partial charge in [-0.05, 0) is 37.8 Å². The molecule has 1 aliphatic heterocycles.